The van der Waals surface area contributed by atoms with Crippen LogP contribution in [-0.2, 0) is 6.54 Å². The number of hydrogen-bond donors (Lipinski definition) is 2. The maximum atomic E-state index is 10.9. The Balaban J connectivity index is 2.04. The Morgan fingerprint density at radius 3 is 2.90 bits per heavy atom. The molecule has 1 aliphatic rings. The summed E-state index contributed by atoms with van der Waals surface area (Å²) in [6, 6.07) is 0.303. The highest BCUT2D eigenvalue weighted by Gasteiger charge is 2.23. The zero-order valence-corrected chi connectivity index (χ0v) is 12.4. The van der Waals surface area contributed by atoms with Gasteiger partial charge in [-0.1, -0.05) is 13.8 Å². The Morgan fingerprint density at radius 2 is 2.35 bits per heavy atom. The van der Waals surface area contributed by atoms with Crippen molar-refractivity contribution in [1.29, 1.82) is 0 Å². The largest absolute Gasteiger partial charge is 0.465 e. The average molecular weight is 280 g/mol. The minimum absolute atomic E-state index is 0.170. The smallest absolute Gasteiger partial charge is 0.405 e. The fourth-order valence-corrected chi connectivity index (χ4v) is 2.81. The molecule has 1 aromatic heterocycles. The molecule has 1 fully saturated rings. The molecule has 6 heteroatoms. The van der Waals surface area contributed by atoms with E-state index in [2.05, 4.69) is 26.8 Å². The quantitative estimate of drug-likeness (QED) is 0.864. The number of amides is 1. The van der Waals surface area contributed by atoms with Gasteiger partial charge in [0, 0.05) is 18.8 Å². The maximum Gasteiger partial charge on any atom is 0.405 e. The first-order valence-corrected chi connectivity index (χ1v) is 7.18. The van der Waals surface area contributed by atoms with Crippen molar-refractivity contribution in [3.8, 4) is 0 Å². The minimum Gasteiger partial charge on any atom is -0.465 e. The molecule has 0 aromatic carbocycles. The van der Waals surface area contributed by atoms with Gasteiger partial charge in [-0.25, -0.2) is 9.78 Å². The molecule has 2 atom stereocenters. The number of likely N-dealkylation sites (N-methyl/N-ethyl adjacent to an activating group) is 1. The molecule has 0 aliphatic carbocycles. The van der Waals surface area contributed by atoms with Crippen molar-refractivity contribution < 1.29 is 9.90 Å². The SMILES string of the molecule is CC(C)C(NC(=O)O)c1cn(C[C@@H]2CCCN2C)cn1. The second-order valence-electron chi connectivity index (χ2n) is 5.94. The van der Waals surface area contributed by atoms with Gasteiger partial charge in [0.1, 0.15) is 0 Å². The zero-order valence-electron chi connectivity index (χ0n) is 12.4. The van der Waals surface area contributed by atoms with Crippen LogP contribution in [0.1, 0.15) is 38.4 Å². The summed E-state index contributed by atoms with van der Waals surface area (Å²) < 4.78 is 2.07. The van der Waals surface area contributed by atoms with Crippen molar-refractivity contribution in [2.45, 2.75) is 45.3 Å². The number of hydrogen-bond acceptors (Lipinski definition) is 3. The number of carboxylic acid groups (broad SMARTS) is 1. The van der Waals surface area contributed by atoms with Gasteiger partial charge < -0.3 is 19.9 Å². The molecule has 2 heterocycles. The monoisotopic (exact) mass is 280 g/mol. The number of carbonyl (C=O) groups is 1. The van der Waals surface area contributed by atoms with Gasteiger partial charge in [0.2, 0.25) is 0 Å². The van der Waals surface area contributed by atoms with Crippen molar-refractivity contribution in [2.24, 2.45) is 5.92 Å². The van der Waals surface area contributed by atoms with Crippen molar-refractivity contribution in [3.05, 3.63) is 18.2 Å². The second-order valence-corrected chi connectivity index (χ2v) is 5.94. The van der Waals surface area contributed by atoms with E-state index in [1.807, 2.05) is 20.0 Å². The van der Waals surface area contributed by atoms with Crippen LogP contribution in [0.15, 0.2) is 12.5 Å². The van der Waals surface area contributed by atoms with Crippen molar-refractivity contribution in [1.82, 2.24) is 19.8 Å². The Labute approximate surface area is 119 Å². The number of nitrogens with one attached hydrogen (secondary N) is 1. The molecular formula is C14H24N4O2. The highest BCUT2D eigenvalue weighted by Crippen LogP contribution is 2.21. The molecule has 0 spiro atoms. The van der Waals surface area contributed by atoms with Gasteiger partial charge in [-0.3, -0.25) is 0 Å². The maximum absolute atomic E-state index is 10.9. The van der Waals surface area contributed by atoms with Crippen LogP contribution in [-0.4, -0.2) is 45.3 Å². The van der Waals surface area contributed by atoms with E-state index < -0.39 is 6.09 Å². The summed E-state index contributed by atoms with van der Waals surface area (Å²) in [6.45, 7) is 6.05. The van der Waals surface area contributed by atoms with Crippen LogP contribution in [0.3, 0.4) is 0 Å². The summed E-state index contributed by atoms with van der Waals surface area (Å²) in [4.78, 5) is 17.6. The van der Waals surface area contributed by atoms with Gasteiger partial charge in [0.25, 0.3) is 0 Å². The molecular weight excluding hydrogens is 256 g/mol. The van der Waals surface area contributed by atoms with E-state index in [0.29, 0.717) is 6.04 Å². The number of imidazole rings is 1. The van der Waals surface area contributed by atoms with E-state index in [0.717, 1.165) is 18.8 Å². The van der Waals surface area contributed by atoms with Gasteiger partial charge in [-0.05, 0) is 32.4 Å². The van der Waals surface area contributed by atoms with Crippen LogP contribution in [0.5, 0.6) is 0 Å². The molecule has 0 saturated carbocycles. The average Bonchev–Trinajstić information content (AvgIpc) is 2.97. The molecule has 2 N–H and O–H groups in total. The first-order valence-electron chi connectivity index (χ1n) is 7.18. The van der Waals surface area contributed by atoms with Gasteiger partial charge >= 0.3 is 6.09 Å². The van der Waals surface area contributed by atoms with Gasteiger partial charge in [0.05, 0.1) is 18.1 Å². The molecule has 1 amide bonds. The summed E-state index contributed by atoms with van der Waals surface area (Å²) in [7, 11) is 2.15. The molecule has 2 rings (SSSR count). The summed E-state index contributed by atoms with van der Waals surface area (Å²) >= 11 is 0. The second kappa shape index (κ2) is 6.26. The van der Waals surface area contributed by atoms with E-state index in [1.54, 1.807) is 6.33 Å². The van der Waals surface area contributed by atoms with Crippen LogP contribution < -0.4 is 5.32 Å². The molecule has 112 valence electrons. The topological polar surface area (TPSA) is 70.4 Å². The predicted octanol–water partition coefficient (Wildman–Crippen LogP) is 1.94. The van der Waals surface area contributed by atoms with Gasteiger partial charge in [0.15, 0.2) is 0 Å². The fourth-order valence-electron chi connectivity index (χ4n) is 2.81. The van der Waals surface area contributed by atoms with E-state index >= 15 is 0 Å². The van der Waals surface area contributed by atoms with Crippen LogP contribution in [0, 0.1) is 5.92 Å². The highest BCUT2D eigenvalue weighted by molar-refractivity contribution is 5.65. The van der Waals surface area contributed by atoms with Crippen molar-refractivity contribution in [3.63, 3.8) is 0 Å². The number of nitrogens with zero attached hydrogens (tertiary/aromatic N) is 3. The summed E-state index contributed by atoms with van der Waals surface area (Å²) in [6.07, 6.45) is 5.23. The standard InChI is InChI=1S/C14H24N4O2/c1-10(2)13(16-14(19)20)12-8-18(9-15-12)7-11-5-4-6-17(11)3/h8-11,13,16H,4-7H2,1-3H3,(H,19,20)/t11-,13?/m0/s1. The molecule has 20 heavy (non-hydrogen) atoms. The number of rotatable bonds is 5. The van der Waals surface area contributed by atoms with Crippen LogP contribution in [0.2, 0.25) is 0 Å². The molecule has 1 unspecified atom stereocenters. The van der Waals surface area contributed by atoms with Crippen LogP contribution in [0.4, 0.5) is 4.79 Å². The Morgan fingerprint density at radius 1 is 1.60 bits per heavy atom. The lowest BCUT2D eigenvalue weighted by atomic mass is 10.0. The predicted molar refractivity (Wildman–Crippen MR) is 76.6 cm³/mol. The number of likely N-dealkylation sites (tertiary alicyclic amines) is 1. The first-order chi connectivity index (χ1) is 9.47. The molecule has 0 radical (unpaired) electrons. The summed E-state index contributed by atoms with van der Waals surface area (Å²) in [5.41, 5.74) is 0.794. The summed E-state index contributed by atoms with van der Waals surface area (Å²) in [5.74, 6) is 0.170. The van der Waals surface area contributed by atoms with Crippen molar-refractivity contribution >= 4 is 6.09 Å². The third-order valence-corrected chi connectivity index (χ3v) is 4.01. The normalized spacial score (nSPS) is 21.3. The highest BCUT2D eigenvalue weighted by atomic mass is 16.4. The first kappa shape index (κ1) is 14.8. The Kier molecular flexibility index (Phi) is 4.65. The van der Waals surface area contributed by atoms with E-state index in [9.17, 15) is 4.79 Å². The molecule has 1 saturated heterocycles. The summed E-state index contributed by atoms with van der Waals surface area (Å²) in [5, 5.41) is 11.5. The zero-order chi connectivity index (χ0) is 14.7. The van der Waals surface area contributed by atoms with Gasteiger partial charge in [-0.2, -0.15) is 0 Å². The molecule has 1 aromatic rings. The number of aromatic nitrogens is 2. The van der Waals surface area contributed by atoms with Crippen molar-refractivity contribution in [2.75, 3.05) is 13.6 Å². The lowest BCUT2D eigenvalue weighted by Crippen LogP contribution is -2.30. The molecule has 6 nitrogen and oxygen atoms in total. The molecule has 0 bridgehead atoms. The fraction of sp³-hybridized carbons (Fsp3) is 0.714. The third kappa shape index (κ3) is 3.50. The van der Waals surface area contributed by atoms with E-state index in [-0.39, 0.29) is 12.0 Å². The lowest BCUT2D eigenvalue weighted by molar-refractivity contribution is 0.185. The van der Waals surface area contributed by atoms with E-state index in [1.165, 1.54) is 12.8 Å². The van der Waals surface area contributed by atoms with E-state index in [4.69, 9.17) is 5.11 Å². The third-order valence-electron chi connectivity index (χ3n) is 4.01. The molecule has 1 aliphatic heterocycles. The Hall–Kier alpha value is -1.56. The van der Waals surface area contributed by atoms with Crippen LogP contribution >= 0.6 is 0 Å². The van der Waals surface area contributed by atoms with Crippen LogP contribution in [0.25, 0.3) is 0 Å². The van der Waals surface area contributed by atoms with Gasteiger partial charge in [-0.15, -0.1) is 0 Å². The lowest BCUT2D eigenvalue weighted by Gasteiger charge is -2.20. The Bertz CT molecular complexity index is 458. The minimum atomic E-state index is -1.01.